The summed E-state index contributed by atoms with van der Waals surface area (Å²) >= 11 is 0. The van der Waals surface area contributed by atoms with Crippen molar-refractivity contribution in [2.75, 3.05) is 39.1 Å². The molecule has 2 N–H and O–H groups in total. The third-order valence-electron chi connectivity index (χ3n) is 2.45. The van der Waals surface area contributed by atoms with Crippen molar-refractivity contribution in [2.24, 2.45) is 0 Å². The summed E-state index contributed by atoms with van der Waals surface area (Å²) in [6, 6.07) is 2.15. The minimum Gasteiger partial charge on any atom is -0.396 e. The fourth-order valence-corrected chi connectivity index (χ4v) is 1.51. The van der Waals surface area contributed by atoms with Gasteiger partial charge in [-0.1, -0.05) is 0 Å². The molecule has 0 aliphatic rings. The average molecular weight is 237 g/mol. The molecular formula is C11H19N5O. The highest BCUT2D eigenvalue weighted by Crippen LogP contribution is 1.99. The molecule has 6 nitrogen and oxygen atoms in total. The van der Waals surface area contributed by atoms with Crippen LogP contribution in [0.2, 0.25) is 0 Å². The zero-order valence-electron chi connectivity index (χ0n) is 10.2. The number of nitrogens with two attached hydrogens (primary N) is 1. The Hall–Kier alpha value is -1.58. The van der Waals surface area contributed by atoms with Crippen LogP contribution in [0.1, 0.15) is 6.42 Å². The number of nitrogens with zero attached hydrogens (tertiary/aromatic N) is 4. The molecule has 0 spiro atoms. The van der Waals surface area contributed by atoms with Crippen molar-refractivity contribution in [3.63, 3.8) is 0 Å². The molecule has 94 valence electrons. The molecule has 0 fully saturated rings. The SMILES string of the molecule is COCCN(CCC#N)CCn1cc(N)cn1. The first-order valence-electron chi connectivity index (χ1n) is 5.62. The normalized spacial score (nSPS) is 10.6. The number of rotatable bonds is 8. The predicted molar refractivity (Wildman–Crippen MR) is 65.2 cm³/mol. The van der Waals surface area contributed by atoms with Crippen LogP contribution in [0.25, 0.3) is 0 Å². The Balaban J connectivity index is 2.34. The van der Waals surface area contributed by atoms with Crippen LogP contribution in [-0.4, -0.2) is 48.0 Å². The summed E-state index contributed by atoms with van der Waals surface area (Å²) in [4.78, 5) is 2.19. The van der Waals surface area contributed by atoms with Crippen LogP contribution in [0.5, 0.6) is 0 Å². The molecule has 1 heterocycles. The van der Waals surface area contributed by atoms with Crippen LogP contribution >= 0.6 is 0 Å². The molecule has 1 aromatic heterocycles. The van der Waals surface area contributed by atoms with Crippen LogP contribution < -0.4 is 5.73 Å². The van der Waals surface area contributed by atoms with Gasteiger partial charge in [-0.15, -0.1) is 0 Å². The Morgan fingerprint density at radius 3 is 2.94 bits per heavy atom. The van der Waals surface area contributed by atoms with Gasteiger partial charge in [-0.3, -0.25) is 9.58 Å². The van der Waals surface area contributed by atoms with Gasteiger partial charge in [-0.05, 0) is 0 Å². The Morgan fingerprint density at radius 1 is 1.53 bits per heavy atom. The lowest BCUT2D eigenvalue weighted by Crippen LogP contribution is -2.31. The number of nitrogen functional groups attached to an aromatic ring is 1. The number of hydrogen-bond donors (Lipinski definition) is 1. The largest absolute Gasteiger partial charge is 0.396 e. The number of ether oxygens (including phenoxy) is 1. The van der Waals surface area contributed by atoms with Crippen LogP contribution in [0.3, 0.4) is 0 Å². The van der Waals surface area contributed by atoms with Gasteiger partial charge in [0.1, 0.15) is 0 Å². The summed E-state index contributed by atoms with van der Waals surface area (Å²) in [5, 5.41) is 12.7. The molecule has 0 aromatic carbocycles. The van der Waals surface area contributed by atoms with E-state index in [0.717, 1.165) is 26.2 Å². The van der Waals surface area contributed by atoms with Crippen molar-refractivity contribution in [3.8, 4) is 6.07 Å². The molecular weight excluding hydrogens is 218 g/mol. The van der Waals surface area contributed by atoms with Gasteiger partial charge in [0, 0.05) is 39.4 Å². The molecule has 0 aliphatic carbocycles. The zero-order valence-corrected chi connectivity index (χ0v) is 10.2. The maximum atomic E-state index is 8.59. The molecule has 0 saturated heterocycles. The first kappa shape index (κ1) is 13.5. The van der Waals surface area contributed by atoms with Crippen molar-refractivity contribution < 1.29 is 4.74 Å². The van der Waals surface area contributed by atoms with Crippen molar-refractivity contribution in [2.45, 2.75) is 13.0 Å². The lowest BCUT2D eigenvalue weighted by Gasteiger charge is -2.20. The van der Waals surface area contributed by atoms with Gasteiger partial charge in [0.15, 0.2) is 0 Å². The first-order valence-corrected chi connectivity index (χ1v) is 5.62. The molecule has 0 atom stereocenters. The lowest BCUT2D eigenvalue weighted by molar-refractivity contribution is 0.146. The molecule has 0 radical (unpaired) electrons. The van der Waals surface area contributed by atoms with Gasteiger partial charge in [0.25, 0.3) is 0 Å². The van der Waals surface area contributed by atoms with Gasteiger partial charge >= 0.3 is 0 Å². The van der Waals surface area contributed by atoms with Crippen molar-refractivity contribution >= 4 is 5.69 Å². The van der Waals surface area contributed by atoms with E-state index in [4.69, 9.17) is 15.7 Å². The smallest absolute Gasteiger partial charge is 0.0719 e. The third kappa shape index (κ3) is 5.33. The highest BCUT2D eigenvalue weighted by Gasteiger charge is 2.05. The monoisotopic (exact) mass is 237 g/mol. The highest BCUT2D eigenvalue weighted by molar-refractivity contribution is 5.30. The summed E-state index contributed by atoms with van der Waals surface area (Å²) in [5.41, 5.74) is 6.26. The molecule has 1 rings (SSSR count). The minimum atomic E-state index is 0.533. The second-order valence-corrected chi connectivity index (χ2v) is 3.78. The fourth-order valence-electron chi connectivity index (χ4n) is 1.51. The van der Waals surface area contributed by atoms with Crippen LogP contribution in [0, 0.1) is 11.3 Å². The average Bonchev–Trinajstić information content (AvgIpc) is 2.74. The first-order chi connectivity index (χ1) is 8.26. The molecule has 0 aliphatic heterocycles. The van der Waals surface area contributed by atoms with E-state index in [1.165, 1.54) is 0 Å². The molecule has 0 bridgehead atoms. The van der Waals surface area contributed by atoms with E-state index in [1.807, 2.05) is 4.68 Å². The number of anilines is 1. The van der Waals surface area contributed by atoms with E-state index >= 15 is 0 Å². The van der Waals surface area contributed by atoms with Crippen molar-refractivity contribution in [3.05, 3.63) is 12.4 Å². The summed E-state index contributed by atoms with van der Waals surface area (Å²) in [6.45, 7) is 3.87. The van der Waals surface area contributed by atoms with Crippen LogP contribution in [-0.2, 0) is 11.3 Å². The quantitative estimate of drug-likeness (QED) is 0.704. The number of aromatic nitrogens is 2. The van der Waals surface area contributed by atoms with E-state index in [0.29, 0.717) is 18.7 Å². The van der Waals surface area contributed by atoms with Gasteiger partial charge in [-0.25, -0.2) is 0 Å². The van der Waals surface area contributed by atoms with Crippen molar-refractivity contribution in [1.82, 2.24) is 14.7 Å². The molecule has 0 amide bonds. The van der Waals surface area contributed by atoms with Gasteiger partial charge in [0.2, 0.25) is 0 Å². The summed E-state index contributed by atoms with van der Waals surface area (Å²) < 4.78 is 6.85. The maximum absolute atomic E-state index is 8.59. The molecule has 17 heavy (non-hydrogen) atoms. The Morgan fingerprint density at radius 2 is 2.35 bits per heavy atom. The Labute approximate surface area is 102 Å². The van der Waals surface area contributed by atoms with Gasteiger partial charge < -0.3 is 10.5 Å². The third-order valence-corrected chi connectivity index (χ3v) is 2.45. The van der Waals surface area contributed by atoms with E-state index < -0.39 is 0 Å². The Kier molecular flexibility index (Phi) is 6.07. The Bertz CT molecular complexity index is 357. The summed E-state index contributed by atoms with van der Waals surface area (Å²) in [7, 11) is 1.68. The molecule has 0 saturated carbocycles. The highest BCUT2D eigenvalue weighted by atomic mass is 16.5. The predicted octanol–water partition coefficient (Wildman–Crippen LogP) is 0.327. The minimum absolute atomic E-state index is 0.533. The fraction of sp³-hybridized carbons (Fsp3) is 0.636. The second-order valence-electron chi connectivity index (χ2n) is 3.78. The topological polar surface area (TPSA) is 80.1 Å². The second kappa shape index (κ2) is 7.65. The van der Waals surface area contributed by atoms with Crippen molar-refractivity contribution in [1.29, 1.82) is 5.26 Å². The number of methoxy groups -OCH3 is 1. The lowest BCUT2D eigenvalue weighted by atomic mass is 10.4. The van der Waals surface area contributed by atoms with Gasteiger partial charge in [0.05, 0.1) is 31.1 Å². The summed E-state index contributed by atoms with van der Waals surface area (Å²) in [5.74, 6) is 0. The molecule has 1 aromatic rings. The van der Waals surface area contributed by atoms with E-state index in [9.17, 15) is 0 Å². The van der Waals surface area contributed by atoms with E-state index in [1.54, 1.807) is 19.5 Å². The van der Waals surface area contributed by atoms with E-state index in [2.05, 4.69) is 16.1 Å². The van der Waals surface area contributed by atoms with Crippen LogP contribution in [0.15, 0.2) is 12.4 Å². The molecule has 6 heteroatoms. The maximum Gasteiger partial charge on any atom is 0.0719 e. The molecule has 0 unspecified atom stereocenters. The summed E-state index contributed by atoms with van der Waals surface area (Å²) in [6.07, 6.45) is 3.97. The van der Waals surface area contributed by atoms with Gasteiger partial charge in [-0.2, -0.15) is 10.4 Å². The van der Waals surface area contributed by atoms with E-state index in [-0.39, 0.29) is 0 Å². The zero-order chi connectivity index (χ0) is 12.5. The van der Waals surface area contributed by atoms with Crippen LogP contribution in [0.4, 0.5) is 5.69 Å². The standard InChI is InChI=1S/C11H19N5O/c1-17-8-7-15(4-2-3-12)5-6-16-10-11(13)9-14-16/h9-10H,2,4-8,13H2,1H3. The number of hydrogen-bond acceptors (Lipinski definition) is 5. The number of nitriles is 1.